The van der Waals surface area contributed by atoms with Crippen molar-refractivity contribution in [1.82, 2.24) is 9.55 Å². The summed E-state index contributed by atoms with van der Waals surface area (Å²) in [6.45, 7) is 5.62. The normalized spacial score (nSPS) is 16.5. The third kappa shape index (κ3) is 5.54. The van der Waals surface area contributed by atoms with E-state index in [9.17, 15) is 4.79 Å². The zero-order chi connectivity index (χ0) is 23.4. The number of halogens is 1. The molecule has 6 nitrogen and oxygen atoms in total. The van der Waals surface area contributed by atoms with Gasteiger partial charge in [-0.2, -0.15) is 0 Å². The highest BCUT2D eigenvalue weighted by Crippen LogP contribution is 2.37. The van der Waals surface area contributed by atoms with Crippen LogP contribution in [-0.4, -0.2) is 35.3 Å². The zero-order valence-electron chi connectivity index (χ0n) is 19.0. The first-order chi connectivity index (χ1) is 16.0. The molecule has 4 rings (SSSR count). The van der Waals surface area contributed by atoms with Crippen molar-refractivity contribution in [2.45, 2.75) is 49.7 Å². The van der Waals surface area contributed by atoms with Crippen LogP contribution in [0.4, 0.5) is 5.69 Å². The Labute approximate surface area is 203 Å². The van der Waals surface area contributed by atoms with Gasteiger partial charge in [-0.05, 0) is 50.5 Å². The molecule has 1 aliphatic heterocycles. The molecule has 1 aliphatic rings. The van der Waals surface area contributed by atoms with Crippen molar-refractivity contribution in [2.24, 2.45) is 0 Å². The van der Waals surface area contributed by atoms with Gasteiger partial charge in [-0.3, -0.25) is 4.79 Å². The molecule has 2 aromatic carbocycles. The highest BCUT2D eigenvalue weighted by Gasteiger charge is 2.27. The van der Waals surface area contributed by atoms with Gasteiger partial charge in [0.05, 0.1) is 30.5 Å². The highest BCUT2D eigenvalue weighted by molar-refractivity contribution is 8.00. The van der Waals surface area contributed by atoms with E-state index in [0.717, 1.165) is 48.1 Å². The number of imidazole rings is 1. The molecule has 33 heavy (non-hydrogen) atoms. The summed E-state index contributed by atoms with van der Waals surface area (Å²) >= 11 is 7.71. The monoisotopic (exact) mass is 485 g/mol. The third-order valence-electron chi connectivity index (χ3n) is 5.82. The number of aryl methyl sites for hydroxylation is 1. The maximum atomic E-state index is 13.5. The Kier molecular flexibility index (Phi) is 7.63. The molecule has 0 saturated carbocycles. The molecule has 1 aromatic heterocycles. The number of carbonyl (C=O) groups is 1. The number of hydrogen-bond donors (Lipinski definition) is 1. The minimum absolute atomic E-state index is 0.144. The van der Waals surface area contributed by atoms with Gasteiger partial charge in [0.15, 0.2) is 5.16 Å². The fourth-order valence-corrected chi connectivity index (χ4v) is 5.33. The lowest BCUT2D eigenvalue weighted by atomic mass is 10.1. The molecule has 1 saturated heterocycles. The van der Waals surface area contributed by atoms with Crippen LogP contribution >= 0.6 is 23.4 Å². The summed E-state index contributed by atoms with van der Waals surface area (Å²) in [6, 6.07) is 15.0. The number of carbonyl (C=O) groups excluding carboxylic acids is 1. The Bertz CT molecular complexity index is 1110. The van der Waals surface area contributed by atoms with Crippen LogP contribution in [0.5, 0.6) is 5.75 Å². The minimum atomic E-state index is -0.489. The second-order valence-corrected chi connectivity index (χ2v) is 9.54. The van der Waals surface area contributed by atoms with Gasteiger partial charge in [0.25, 0.3) is 0 Å². The van der Waals surface area contributed by atoms with Crippen LogP contribution in [0.25, 0.3) is 0 Å². The largest absolute Gasteiger partial charge is 0.495 e. The average Bonchev–Trinajstić information content (AvgIpc) is 3.42. The van der Waals surface area contributed by atoms with Gasteiger partial charge in [0.2, 0.25) is 5.91 Å². The quantitative estimate of drug-likeness (QED) is 0.408. The summed E-state index contributed by atoms with van der Waals surface area (Å²) in [5.74, 6) is 0.417. The van der Waals surface area contributed by atoms with E-state index in [1.54, 1.807) is 25.3 Å². The SMILES string of the molecule is COc1ccc(NC(=O)[C@@H](Sc2nc(C)c(C)n2C[C@H]2CCCO2)c2ccccc2)cc1Cl. The van der Waals surface area contributed by atoms with Crippen LogP contribution in [0.15, 0.2) is 53.7 Å². The molecule has 174 valence electrons. The molecular weight excluding hydrogens is 458 g/mol. The van der Waals surface area contributed by atoms with Crippen molar-refractivity contribution >= 4 is 35.0 Å². The molecule has 0 radical (unpaired) electrons. The topological polar surface area (TPSA) is 65.4 Å². The van der Waals surface area contributed by atoms with Crippen molar-refractivity contribution < 1.29 is 14.3 Å². The number of rotatable bonds is 8. The van der Waals surface area contributed by atoms with Gasteiger partial charge >= 0.3 is 0 Å². The summed E-state index contributed by atoms with van der Waals surface area (Å²) < 4.78 is 13.3. The van der Waals surface area contributed by atoms with Crippen molar-refractivity contribution in [1.29, 1.82) is 0 Å². The average molecular weight is 486 g/mol. The molecule has 3 aromatic rings. The Balaban J connectivity index is 1.61. The molecule has 8 heteroatoms. The second-order valence-electron chi connectivity index (χ2n) is 8.06. The zero-order valence-corrected chi connectivity index (χ0v) is 20.6. The fraction of sp³-hybridized carbons (Fsp3) is 0.360. The molecule has 2 atom stereocenters. The number of benzene rings is 2. The number of aromatic nitrogens is 2. The molecule has 0 bridgehead atoms. The summed E-state index contributed by atoms with van der Waals surface area (Å²) in [6.07, 6.45) is 2.31. The Hall–Kier alpha value is -2.48. The van der Waals surface area contributed by atoms with Gasteiger partial charge in [-0.25, -0.2) is 4.98 Å². The van der Waals surface area contributed by atoms with Gasteiger partial charge in [-0.15, -0.1) is 0 Å². The van der Waals surface area contributed by atoms with E-state index in [0.29, 0.717) is 16.5 Å². The van der Waals surface area contributed by atoms with Crippen LogP contribution in [-0.2, 0) is 16.1 Å². The number of ether oxygens (including phenoxy) is 2. The standard InChI is InChI=1S/C25H28ClN3O3S/c1-16-17(2)29(15-20-10-7-13-32-20)25(27-16)33-23(18-8-5-4-6-9-18)24(30)28-19-11-12-22(31-3)21(26)14-19/h4-6,8-9,11-12,14,20,23H,7,10,13,15H2,1-3H3,(H,28,30)/t20-,23+/m1/s1. The fourth-order valence-electron chi connectivity index (χ4n) is 3.88. The number of amides is 1. The summed E-state index contributed by atoms with van der Waals surface area (Å²) in [7, 11) is 1.56. The number of anilines is 1. The minimum Gasteiger partial charge on any atom is -0.495 e. The first kappa shape index (κ1) is 23.7. The van der Waals surface area contributed by atoms with E-state index >= 15 is 0 Å². The molecule has 0 unspecified atom stereocenters. The number of thioether (sulfide) groups is 1. The first-order valence-corrected chi connectivity index (χ1v) is 12.2. The lowest BCUT2D eigenvalue weighted by molar-refractivity contribution is -0.115. The number of hydrogen-bond acceptors (Lipinski definition) is 5. The van der Waals surface area contributed by atoms with Crippen LogP contribution < -0.4 is 10.1 Å². The molecule has 2 heterocycles. The maximum absolute atomic E-state index is 13.5. The summed E-state index contributed by atoms with van der Waals surface area (Å²) in [4.78, 5) is 18.3. The van der Waals surface area contributed by atoms with Crippen LogP contribution in [0.2, 0.25) is 5.02 Å². The summed E-state index contributed by atoms with van der Waals surface area (Å²) in [5.41, 5.74) is 3.58. The first-order valence-electron chi connectivity index (χ1n) is 11.0. The van der Waals surface area contributed by atoms with Gasteiger partial charge in [0.1, 0.15) is 11.0 Å². The van der Waals surface area contributed by atoms with Crippen LogP contribution in [0.3, 0.4) is 0 Å². The Morgan fingerprint density at radius 1 is 1.30 bits per heavy atom. The van der Waals surface area contributed by atoms with E-state index < -0.39 is 5.25 Å². The van der Waals surface area contributed by atoms with Crippen molar-refractivity contribution in [3.63, 3.8) is 0 Å². The van der Waals surface area contributed by atoms with Crippen LogP contribution in [0.1, 0.15) is 35.0 Å². The van der Waals surface area contributed by atoms with E-state index in [1.165, 1.54) is 11.8 Å². The Morgan fingerprint density at radius 3 is 2.76 bits per heavy atom. The molecule has 1 amide bonds. The lowest BCUT2D eigenvalue weighted by Gasteiger charge is -2.19. The Morgan fingerprint density at radius 2 is 2.09 bits per heavy atom. The van der Waals surface area contributed by atoms with Crippen LogP contribution in [0, 0.1) is 13.8 Å². The lowest BCUT2D eigenvalue weighted by Crippen LogP contribution is -2.21. The van der Waals surface area contributed by atoms with Gasteiger partial charge < -0.3 is 19.4 Å². The number of nitrogens with zero attached hydrogens (tertiary/aromatic N) is 2. The smallest absolute Gasteiger partial charge is 0.242 e. The van der Waals surface area contributed by atoms with E-state index in [2.05, 4.69) is 16.8 Å². The number of methoxy groups -OCH3 is 1. The third-order valence-corrected chi connectivity index (χ3v) is 7.36. The predicted molar refractivity (Wildman–Crippen MR) is 132 cm³/mol. The molecule has 0 spiro atoms. The summed E-state index contributed by atoms with van der Waals surface area (Å²) in [5, 5.41) is 3.78. The number of nitrogens with one attached hydrogen (secondary N) is 1. The molecular formula is C25H28ClN3O3S. The van der Waals surface area contributed by atoms with Crippen molar-refractivity contribution in [3.05, 3.63) is 70.5 Å². The van der Waals surface area contributed by atoms with Crippen molar-refractivity contribution in [3.8, 4) is 5.75 Å². The van der Waals surface area contributed by atoms with Gasteiger partial charge in [-0.1, -0.05) is 53.7 Å². The second kappa shape index (κ2) is 10.6. The van der Waals surface area contributed by atoms with E-state index in [4.69, 9.17) is 26.1 Å². The van der Waals surface area contributed by atoms with E-state index in [1.807, 2.05) is 37.3 Å². The van der Waals surface area contributed by atoms with Crippen molar-refractivity contribution in [2.75, 3.05) is 19.0 Å². The highest BCUT2D eigenvalue weighted by atomic mass is 35.5. The van der Waals surface area contributed by atoms with E-state index in [-0.39, 0.29) is 12.0 Å². The predicted octanol–water partition coefficient (Wildman–Crippen LogP) is 5.81. The molecule has 0 aliphatic carbocycles. The molecule has 1 N–H and O–H groups in total. The maximum Gasteiger partial charge on any atom is 0.242 e. The van der Waals surface area contributed by atoms with Gasteiger partial charge in [0, 0.05) is 18.0 Å². The molecule has 1 fully saturated rings.